The van der Waals surface area contributed by atoms with E-state index in [1.54, 1.807) is 7.05 Å². The third-order valence-corrected chi connectivity index (χ3v) is 4.70. The summed E-state index contributed by atoms with van der Waals surface area (Å²) >= 11 is 0. The number of aliphatic hydroxyl groups excluding tert-OH is 1. The summed E-state index contributed by atoms with van der Waals surface area (Å²) in [6, 6.07) is -0.947. The lowest BCUT2D eigenvalue weighted by Crippen LogP contribution is -2.58. The van der Waals surface area contributed by atoms with Crippen molar-refractivity contribution in [3.63, 3.8) is 0 Å². The number of amidine groups is 1. The Morgan fingerprint density at radius 3 is 2.54 bits per heavy atom. The van der Waals surface area contributed by atoms with E-state index in [1.807, 2.05) is 36.8 Å². The van der Waals surface area contributed by atoms with Crippen LogP contribution >= 0.6 is 0 Å². The number of carbonyl (C=O) groups excluding carboxylic acids is 2. The maximum Gasteiger partial charge on any atom is 0.402 e. The van der Waals surface area contributed by atoms with Gasteiger partial charge in [-0.1, -0.05) is 18.8 Å². The molecule has 1 aromatic heterocycles. The van der Waals surface area contributed by atoms with E-state index in [4.69, 9.17) is 0 Å². The fourth-order valence-electron chi connectivity index (χ4n) is 3.40. The van der Waals surface area contributed by atoms with Crippen LogP contribution in [0.1, 0.15) is 31.3 Å². The number of amides is 3. The minimum atomic E-state index is -0.611. The highest BCUT2D eigenvalue weighted by atomic mass is 16.3. The minimum Gasteiger partial charge on any atom is -0.393 e. The molecule has 0 radical (unpaired) electrons. The lowest BCUT2D eigenvalue weighted by atomic mass is 10.1. The molecule has 1 N–H and O–H groups in total. The number of rotatable bonds is 4. The monoisotopic (exact) mass is 334 g/mol. The molecule has 3 heterocycles. The Hall–Kier alpha value is -2.22. The van der Waals surface area contributed by atoms with Gasteiger partial charge in [-0.05, 0) is 19.8 Å². The summed E-state index contributed by atoms with van der Waals surface area (Å²) < 4.78 is 3.76. The van der Waals surface area contributed by atoms with Crippen LogP contribution in [0.2, 0.25) is 0 Å². The first kappa shape index (κ1) is 16.6. The standard InChI is InChI=1S/C16H24N5O3/c1-9(2)8-20-14(23)12-13(18(5)16(20)24)17-15-19(6-7-22)10(3)11(4)21(12)15/h9,12,22H,6-8H2,1-5H3/q+1. The number of aliphatic imine (C=N–C) groups is 1. The maximum absolute atomic E-state index is 13.0. The van der Waals surface area contributed by atoms with Crippen LogP contribution in [-0.4, -0.2) is 57.4 Å². The first-order valence-electron chi connectivity index (χ1n) is 8.19. The Morgan fingerprint density at radius 2 is 1.96 bits per heavy atom. The number of likely N-dealkylation sites (N-methyl/N-ethyl adjacent to an activating group) is 1. The Bertz CT molecular complexity index is 749. The number of imide groups is 1. The number of hydrogen-bond donors (Lipinski definition) is 1. The molecule has 8 heteroatoms. The molecular formula is C16H24N5O3+. The zero-order chi connectivity index (χ0) is 17.8. The number of imidazole rings is 1. The second kappa shape index (κ2) is 5.70. The highest BCUT2D eigenvalue weighted by Gasteiger charge is 2.54. The fraction of sp³-hybridized carbons (Fsp3) is 0.625. The molecule has 3 rings (SSSR count). The van der Waals surface area contributed by atoms with Crippen molar-refractivity contribution in [2.45, 2.75) is 40.3 Å². The van der Waals surface area contributed by atoms with Gasteiger partial charge in [0, 0.05) is 13.6 Å². The molecule has 0 bridgehead atoms. The van der Waals surface area contributed by atoms with Crippen LogP contribution in [-0.2, 0) is 11.3 Å². The molecule has 1 atom stereocenters. The fourth-order valence-corrected chi connectivity index (χ4v) is 3.40. The molecule has 0 spiro atoms. The molecule has 1 unspecified atom stereocenters. The van der Waals surface area contributed by atoms with Gasteiger partial charge in [-0.15, -0.1) is 0 Å². The summed E-state index contributed by atoms with van der Waals surface area (Å²) in [5.74, 6) is 1.02. The summed E-state index contributed by atoms with van der Waals surface area (Å²) in [4.78, 5) is 32.9. The molecule has 1 fully saturated rings. The maximum atomic E-state index is 13.0. The summed E-state index contributed by atoms with van der Waals surface area (Å²) in [6.07, 6.45) is 0. The molecule has 0 aromatic carbocycles. The third-order valence-electron chi connectivity index (χ3n) is 4.70. The molecule has 24 heavy (non-hydrogen) atoms. The lowest BCUT2D eigenvalue weighted by Gasteiger charge is -2.34. The Morgan fingerprint density at radius 1 is 1.29 bits per heavy atom. The number of aromatic nitrogens is 2. The van der Waals surface area contributed by atoms with Gasteiger partial charge in [-0.2, -0.15) is 0 Å². The van der Waals surface area contributed by atoms with Gasteiger partial charge in [-0.25, -0.2) is 13.9 Å². The number of fused-ring (bicyclic) bond motifs is 3. The number of urea groups is 1. The largest absolute Gasteiger partial charge is 0.402 e. The SMILES string of the molecule is Cc1c(C)[n+](CCO)c2n1C1C(=O)N(CC(C)C)C(=O)N(C)C1=N2. The van der Waals surface area contributed by atoms with E-state index in [0.717, 1.165) is 11.4 Å². The number of aliphatic hydroxyl groups is 1. The molecule has 2 aliphatic heterocycles. The van der Waals surface area contributed by atoms with Crippen molar-refractivity contribution in [1.82, 2.24) is 14.4 Å². The Balaban J connectivity index is 2.12. The van der Waals surface area contributed by atoms with E-state index in [2.05, 4.69) is 4.99 Å². The summed E-state index contributed by atoms with van der Waals surface area (Å²) in [7, 11) is 1.65. The van der Waals surface area contributed by atoms with Crippen molar-refractivity contribution in [3.8, 4) is 0 Å². The van der Waals surface area contributed by atoms with Crippen molar-refractivity contribution in [3.05, 3.63) is 11.4 Å². The van der Waals surface area contributed by atoms with E-state index in [1.165, 1.54) is 9.80 Å². The van der Waals surface area contributed by atoms with Gasteiger partial charge < -0.3 is 5.11 Å². The van der Waals surface area contributed by atoms with E-state index in [-0.39, 0.29) is 24.5 Å². The molecule has 0 saturated carbocycles. The smallest absolute Gasteiger partial charge is 0.393 e. The highest BCUT2D eigenvalue weighted by molar-refractivity contribution is 6.20. The first-order valence-corrected chi connectivity index (χ1v) is 8.19. The number of hydrogen-bond acceptors (Lipinski definition) is 4. The molecule has 3 amide bonds. The molecular weight excluding hydrogens is 310 g/mol. The topological polar surface area (TPSA) is 82.0 Å². The van der Waals surface area contributed by atoms with Gasteiger partial charge >= 0.3 is 12.0 Å². The summed E-state index contributed by atoms with van der Waals surface area (Å²) in [5, 5.41) is 9.31. The van der Waals surface area contributed by atoms with Gasteiger partial charge in [0.05, 0.1) is 13.2 Å². The average Bonchev–Trinajstić information content (AvgIpc) is 3.02. The molecule has 1 saturated heterocycles. The van der Waals surface area contributed by atoms with Gasteiger partial charge in [0.25, 0.3) is 5.91 Å². The van der Waals surface area contributed by atoms with Crippen LogP contribution in [0.4, 0.5) is 10.7 Å². The van der Waals surface area contributed by atoms with Crippen molar-refractivity contribution < 1.29 is 19.3 Å². The Labute approximate surface area is 141 Å². The minimum absolute atomic E-state index is 0.0142. The predicted octanol–water partition coefficient (Wildman–Crippen LogP) is 0.519. The molecule has 1 aromatic rings. The normalized spacial score (nSPS) is 20.0. The van der Waals surface area contributed by atoms with Crippen LogP contribution in [0.25, 0.3) is 0 Å². The molecule has 2 aliphatic rings. The number of carbonyl (C=O) groups is 2. The summed E-state index contributed by atoms with van der Waals surface area (Å²) in [6.45, 7) is 8.60. The van der Waals surface area contributed by atoms with E-state index in [0.29, 0.717) is 24.9 Å². The predicted molar refractivity (Wildman–Crippen MR) is 87.0 cm³/mol. The summed E-state index contributed by atoms with van der Waals surface area (Å²) in [5.41, 5.74) is 1.88. The second-order valence-electron chi connectivity index (χ2n) is 6.77. The van der Waals surface area contributed by atoms with Crippen molar-refractivity contribution >= 4 is 23.7 Å². The van der Waals surface area contributed by atoms with Crippen LogP contribution in [0.5, 0.6) is 0 Å². The zero-order valence-electron chi connectivity index (χ0n) is 14.8. The highest BCUT2D eigenvalue weighted by Crippen LogP contribution is 2.35. The Kier molecular flexibility index (Phi) is 3.95. The lowest BCUT2D eigenvalue weighted by molar-refractivity contribution is -0.690. The van der Waals surface area contributed by atoms with Gasteiger partial charge in [0.1, 0.15) is 11.4 Å². The molecule has 130 valence electrons. The van der Waals surface area contributed by atoms with Gasteiger partial charge in [0.15, 0.2) is 0 Å². The average molecular weight is 334 g/mol. The van der Waals surface area contributed by atoms with Crippen LogP contribution in [0.15, 0.2) is 4.99 Å². The van der Waals surface area contributed by atoms with Crippen LogP contribution < -0.4 is 4.57 Å². The van der Waals surface area contributed by atoms with E-state index in [9.17, 15) is 14.7 Å². The second-order valence-corrected chi connectivity index (χ2v) is 6.77. The van der Waals surface area contributed by atoms with Gasteiger partial charge in [-0.3, -0.25) is 14.6 Å². The van der Waals surface area contributed by atoms with E-state index < -0.39 is 6.04 Å². The molecule has 0 aliphatic carbocycles. The van der Waals surface area contributed by atoms with Crippen molar-refractivity contribution in [2.75, 3.05) is 20.2 Å². The van der Waals surface area contributed by atoms with E-state index >= 15 is 0 Å². The quantitative estimate of drug-likeness (QED) is 0.815. The van der Waals surface area contributed by atoms with Gasteiger partial charge in [0.2, 0.25) is 11.9 Å². The van der Waals surface area contributed by atoms with Crippen molar-refractivity contribution in [1.29, 1.82) is 0 Å². The first-order chi connectivity index (χ1) is 11.3. The van der Waals surface area contributed by atoms with Crippen LogP contribution in [0, 0.1) is 19.8 Å². The molecule has 8 nitrogen and oxygen atoms in total. The number of nitrogens with zero attached hydrogens (tertiary/aromatic N) is 5. The third kappa shape index (κ3) is 2.16. The van der Waals surface area contributed by atoms with Crippen LogP contribution in [0.3, 0.4) is 0 Å². The zero-order valence-corrected chi connectivity index (χ0v) is 14.8. The van der Waals surface area contributed by atoms with Crippen molar-refractivity contribution in [2.24, 2.45) is 10.9 Å².